The van der Waals surface area contributed by atoms with Crippen molar-refractivity contribution in [1.29, 1.82) is 0 Å². The molecule has 0 aliphatic carbocycles. The van der Waals surface area contributed by atoms with Crippen LogP contribution in [0.25, 0.3) is 10.9 Å². The Kier molecular flexibility index (Phi) is 4.84. The lowest BCUT2D eigenvalue weighted by atomic mass is 10.1. The summed E-state index contributed by atoms with van der Waals surface area (Å²) in [4.78, 5) is 35.6. The topological polar surface area (TPSA) is 56.8 Å². The van der Waals surface area contributed by atoms with Crippen LogP contribution < -0.4 is 0 Å². The first-order valence-corrected chi connectivity index (χ1v) is 9.35. The third-order valence-corrected chi connectivity index (χ3v) is 5.34. The van der Waals surface area contributed by atoms with Crippen LogP contribution in [0.15, 0.2) is 36.5 Å². The van der Waals surface area contributed by atoms with Gasteiger partial charge in [0.05, 0.1) is 17.6 Å². The number of pyridine rings is 1. The highest BCUT2D eigenvalue weighted by molar-refractivity contribution is 6.05. The van der Waals surface area contributed by atoms with Gasteiger partial charge in [-0.05, 0) is 25.0 Å². The molecule has 4 rings (SSSR count). The van der Waals surface area contributed by atoms with Gasteiger partial charge in [0.15, 0.2) is 0 Å². The van der Waals surface area contributed by atoms with Crippen LogP contribution in [-0.2, 0) is 4.79 Å². The first-order chi connectivity index (χ1) is 12.7. The molecule has 2 aliphatic heterocycles. The molecule has 136 valence electrons. The second kappa shape index (κ2) is 7.41. The number of carbonyl (C=O) groups is 2. The summed E-state index contributed by atoms with van der Waals surface area (Å²) >= 11 is 0. The van der Waals surface area contributed by atoms with Crippen molar-refractivity contribution in [2.45, 2.75) is 12.8 Å². The Balaban J connectivity index is 1.38. The van der Waals surface area contributed by atoms with E-state index in [4.69, 9.17) is 0 Å². The third-order valence-electron chi connectivity index (χ3n) is 5.34. The van der Waals surface area contributed by atoms with Crippen molar-refractivity contribution < 1.29 is 9.59 Å². The molecule has 2 aromatic rings. The van der Waals surface area contributed by atoms with E-state index in [1.54, 1.807) is 6.20 Å². The minimum absolute atomic E-state index is 0.0276. The fraction of sp³-hybridized carbons (Fsp3) is 0.450. The van der Waals surface area contributed by atoms with E-state index in [-0.39, 0.29) is 11.8 Å². The zero-order valence-corrected chi connectivity index (χ0v) is 14.9. The van der Waals surface area contributed by atoms with Crippen molar-refractivity contribution >= 4 is 22.7 Å². The molecule has 2 aliphatic rings. The number of amides is 2. The molecule has 0 bridgehead atoms. The largest absolute Gasteiger partial charge is 0.342 e. The normalized spacial score (nSPS) is 18.5. The highest BCUT2D eigenvalue weighted by Crippen LogP contribution is 2.18. The second-order valence-electron chi connectivity index (χ2n) is 7.04. The molecule has 1 aromatic heterocycles. The van der Waals surface area contributed by atoms with E-state index in [9.17, 15) is 9.59 Å². The van der Waals surface area contributed by atoms with Gasteiger partial charge in [0.2, 0.25) is 5.91 Å². The summed E-state index contributed by atoms with van der Waals surface area (Å²) in [5.74, 6) is 0.250. The number of hydrogen-bond donors (Lipinski definition) is 0. The summed E-state index contributed by atoms with van der Waals surface area (Å²) in [6.07, 6.45) is 3.96. The lowest BCUT2D eigenvalue weighted by Crippen LogP contribution is -2.51. The average Bonchev–Trinajstić information content (AvgIpc) is 3.23. The Hall–Kier alpha value is -2.47. The van der Waals surface area contributed by atoms with Gasteiger partial charge in [-0.15, -0.1) is 0 Å². The average molecular weight is 352 g/mol. The van der Waals surface area contributed by atoms with Gasteiger partial charge in [-0.1, -0.05) is 18.2 Å². The summed E-state index contributed by atoms with van der Waals surface area (Å²) < 4.78 is 0. The molecule has 0 spiro atoms. The molecule has 0 atom stereocenters. The summed E-state index contributed by atoms with van der Waals surface area (Å²) in [5, 5.41) is 0.980. The second-order valence-corrected chi connectivity index (χ2v) is 7.04. The van der Waals surface area contributed by atoms with Crippen LogP contribution in [0.4, 0.5) is 0 Å². The fourth-order valence-corrected chi connectivity index (χ4v) is 3.81. The standard InChI is InChI=1S/C20H24N4O2/c25-18(23-9-1-2-10-23)15-22-11-13-24(14-12-22)20(26)17-7-3-5-16-6-4-8-21-19(16)17/h3-8H,1-2,9-15H2. The number of nitrogens with zero attached hydrogens (tertiary/aromatic N) is 4. The van der Waals surface area contributed by atoms with Crippen LogP contribution in [0.5, 0.6) is 0 Å². The van der Waals surface area contributed by atoms with Crippen molar-refractivity contribution in [3.63, 3.8) is 0 Å². The number of carbonyl (C=O) groups excluding carboxylic acids is 2. The Morgan fingerprint density at radius 2 is 1.62 bits per heavy atom. The van der Waals surface area contributed by atoms with Crippen molar-refractivity contribution in [3.05, 3.63) is 42.1 Å². The molecule has 26 heavy (non-hydrogen) atoms. The maximum Gasteiger partial charge on any atom is 0.256 e. The molecule has 0 saturated carbocycles. The molecule has 6 heteroatoms. The van der Waals surface area contributed by atoms with Gasteiger partial charge in [0, 0.05) is 50.9 Å². The van der Waals surface area contributed by atoms with E-state index < -0.39 is 0 Å². The predicted octanol–water partition coefficient (Wildman–Crippen LogP) is 1.61. The molecule has 2 fully saturated rings. The number of likely N-dealkylation sites (tertiary alicyclic amines) is 1. The van der Waals surface area contributed by atoms with Gasteiger partial charge in [0.1, 0.15) is 0 Å². The maximum atomic E-state index is 12.9. The third kappa shape index (κ3) is 3.42. The number of fused-ring (bicyclic) bond motifs is 1. The van der Waals surface area contributed by atoms with Gasteiger partial charge in [-0.3, -0.25) is 19.5 Å². The van der Waals surface area contributed by atoms with Crippen LogP contribution in [0.3, 0.4) is 0 Å². The number of hydrogen-bond acceptors (Lipinski definition) is 4. The predicted molar refractivity (Wildman–Crippen MR) is 99.9 cm³/mol. The highest BCUT2D eigenvalue weighted by Gasteiger charge is 2.26. The Bertz CT molecular complexity index is 803. The van der Waals surface area contributed by atoms with Gasteiger partial charge >= 0.3 is 0 Å². The number of rotatable bonds is 3. The van der Waals surface area contributed by atoms with Crippen LogP contribution >= 0.6 is 0 Å². The minimum atomic E-state index is 0.0276. The SMILES string of the molecule is O=C(CN1CCN(C(=O)c2cccc3cccnc23)CC1)N1CCCC1. The quantitative estimate of drug-likeness (QED) is 0.842. The van der Waals surface area contributed by atoms with Gasteiger partial charge in [-0.25, -0.2) is 0 Å². The van der Waals surface area contributed by atoms with Crippen LogP contribution in [0.1, 0.15) is 23.2 Å². The van der Waals surface area contributed by atoms with Crippen LogP contribution in [0, 0.1) is 0 Å². The van der Waals surface area contributed by atoms with E-state index >= 15 is 0 Å². The number of benzene rings is 1. The van der Waals surface area contributed by atoms with Gasteiger partial charge in [0.25, 0.3) is 5.91 Å². The van der Waals surface area contributed by atoms with Crippen molar-refractivity contribution in [2.24, 2.45) is 0 Å². The lowest BCUT2D eigenvalue weighted by Gasteiger charge is -2.35. The van der Waals surface area contributed by atoms with Crippen LogP contribution in [-0.4, -0.2) is 77.3 Å². The number of piperazine rings is 1. The summed E-state index contributed by atoms with van der Waals surface area (Å²) in [5.41, 5.74) is 1.41. The first kappa shape index (κ1) is 17.0. The number of aromatic nitrogens is 1. The zero-order chi connectivity index (χ0) is 17.9. The van der Waals surface area contributed by atoms with Gasteiger partial charge < -0.3 is 9.80 Å². The Morgan fingerprint density at radius 3 is 2.38 bits per heavy atom. The van der Waals surface area contributed by atoms with E-state index in [1.165, 1.54) is 0 Å². The maximum absolute atomic E-state index is 12.9. The van der Waals surface area contributed by atoms with Crippen LogP contribution in [0.2, 0.25) is 0 Å². The monoisotopic (exact) mass is 352 g/mol. The van der Waals surface area contributed by atoms with Crippen molar-refractivity contribution in [3.8, 4) is 0 Å². The first-order valence-electron chi connectivity index (χ1n) is 9.35. The molecule has 0 unspecified atom stereocenters. The Labute approximate surface area is 153 Å². The molecule has 6 nitrogen and oxygen atoms in total. The number of para-hydroxylation sites is 1. The van der Waals surface area contributed by atoms with E-state index in [0.29, 0.717) is 25.2 Å². The van der Waals surface area contributed by atoms with E-state index in [0.717, 1.165) is 49.9 Å². The van der Waals surface area contributed by atoms with E-state index in [1.807, 2.05) is 40.1 Å². The van der Waals surface area contributed by atoms with E-state index in [2.05, 4.69) is 9.88 Å². The summed E-state index contributed by atoms with van der Waals surface area (Å²) in [7, 11) is 0. The lowest BCUT2D eigenvalue weighted by molar-refractivity contribution is -0.131. The zero-order valence-electron chi connectivity index (χ0n) is 14.9. The molecule has 1 aromatic carbocycles. The van der Waals surface area contributed by atoms with Gasteiger partial charge in [-0.2, -0.15) is 0 Å². The fourth-order valence-electron chi connectivity index (χ4n) is 3.81. The highest BCUT2D eigenvalue weighted by atomic mass is 16.2. The molecule has 2 saturated heterocycles. The molecule has 2 amide bonds. The minimum Gasteiger partial charge on any atom is -0.342 e. The Morgan fingerprint density at radius 1 is 0.885 bits per heavy atom. The summed E-state index contributed by atoms with van der Waals surface area (Å²) in [6, 6.07) is 9.58. The molecular formula is C20H24N4O2. The molecule has 0 radical (unpaired) electrons. The summed E-state index contributed by atoms with van der Waals surface area (Å²) in [6.45, 7) is 5.03. The molecule has 3 heterocycles. The van der Waals surface area contributed by atoms with Crippen molar-refractivity contribution in [2.75, 3.05) is 45.8 Å². The molecule has 0 N–H and O–H groups in total. The molecular weight excluding hydrogens is 328 g/mol. The smallest absolute Gasteiger partial charge is 0.256 e. The van der Waals surface area contributed by atoms with Crippen molar-refractivity contribution in [1.82, 2.24) is 19.7 Å².